The smallest absolute Gasteiger partial charge is 0.308 e. The first-order valence-electron chi connectivity index (χ1n) is 10.2. The summed E-state index contributed by atoms with van der Waals surface area (Å²) in [6.07, 6.45) is -0.0544. The van der Waals surface area contributed by atoms with Crippen LogP contribution < -0.4 is 5.73 Å². The molecule has 0 bridgehead atoms. The van der Waals surface area contributed by atoms with Crippen LogP contribution in [0.2, 0.25) is 0 Å². The minimum Gasteiger partial charge on any atom is -0.460 e. The molecule has 1 unspecified atom stereocenters. The van der Waals surface area contributed by atoms with E-state index in [-0.39, 0.29) is 18.9 Å². The lowest BCUT2D eigenvalue weighted by molar-refractivity contribution is -0.162. The molecule has 1 amide bonds. The number of esters is 1. The first-order valence-corrected chi connectivity index (χ1v) is 10.2. The highest BCUT2D eigenvalue weighted by molar-refractivity contribution is 5.86. The van der Waals surface area contributed by atoms with Gasteiger partial charge in [0.25, 0.3) is 0 Å². The van der Waals surface area contributed by atoms with Crippen LogP contribution >= 0.6 is 0 Å². The summed E-state index contributed by atoms with van der Waals surface area (Å²) in [7, 11) is 0. The molecule has 1 rings (SSSR count). The second kappa shape index (κ2) is 12.6. The summed E-state index contributed by atoms with van der Waals surface area (Å²) >= 11 is 0. The van der Waals surface area contributed by atoms with Gasteiger partial charge in [-0.1, -0.05) is 30.3 Å². The molecule has 0 radical (unpaired) electrons. The van der Waals surface area contributed by atoms with Gasteiger partial charge in [0.15, 0.2) is 6.29 Å². The Balaban J connectivity index is 2.83. The molecule has 1 aromatic carbocycles. The number of hydrogen-bond donors (Lipinski definition) is 1. The molecule has 0 saturated heterocycles. The van der Waals surface area contributed by atoms with Crippen molar-refractivity contribution in [3.8, 4) is 0 Å². The quantitative estimate of drug-likeness (QED) is 0.422. The predicted molar refractivity (Wildman–Crippen MR) is 112 cm³/mol. The van der Waals surface area contributed by atoms with E-state index in [1.165, 1.54) is 0 Å². The Hall–Kier alpha value is -1.96. The van der Waals surface area contributed by atoms with Crippen LogP contribution in [-0.2, 0) is 30.2 Å². The fourth-order valence-corrected chi connectivity index (χ4v) is 2.79. The van der Waals surface area contributed by atoms with Gasteiger partial charge in [0.2, 0.25) is 5.91 Å². The molecule has 0 aliphatic heterocycles. The van der Waals surface area contributed by atoms with Crippen molar-refractivity contribution in [1.82, 2.24) is 4.90 Å². The van der Waals surface area contributed by atoms with Crippen molar-refractivity contribution in [3.63, 3.8) is 0 Å². The molecule has 7 nitrogen and oxygen atoms in total. The van der Waals surface area contributed by atoms with Crippen molar-refractivity contribution in [2.24, 2.45) is 5.73 Å². The molecule has 0 aliphatic rings. The van der Waals surface area contributed by atoms with E-state index in [0.29, 0.717) is 26.2 Å². The number of benzene rings is 1. The molecule has 0 spiro atoms. The Labute approximate surface area is 174 Å². The van der Waals surface area contributed by atoms with Crippen LogP contribution in [0, 0.1) is 0 Å². The topological polar surface area (TPSA) is 91.1 Å². The van der Waals surface area contributed by atoms with E-state index in [0.717, 1.165) is 5.56 Å². The van der Waals surface area contributed by atoms with Gasteiger partial charge in [-0.05, 0) is 46.6 Å². The lowest BCUT2D eigenvalue weighted by atomic mass is 10.1. The number of carbonyl (C=O) groups is 2. The number of hydrogen-bond acceptors (Lipinski definition) is 6. The predicted octanol–water partition coefficient (Wildman–Crippen LogP) is 2.52. The standard InChI is InChI=1S/C22H36N2O5/c1-6-27-20(28-7-2)16-24(14-13-17-11-9-8-10-12-17)21(26)18(23)15-19(25)29-22(3,4)5/h8-12,18,20H,6-7,13-16,23H2,1-5H3. The number of carbonyl (C=O) groups excluding carboxylic acids is 2. The molecular weight excluding hydrogens is 372 g/mol. The molecular formula is C22H36N2O5. The number of nitrogens with zero attached hydrogens (tertiary/aromatic N) is 1. The Kier molecular flexibility index (Phi) is 10.9. The second-order valence-electron chi connectivity index (χ2n) is 7.76. The first kappa shape index (κ1) is 25.1. The van der Waals surface area contributed by atoms with Gasteiger partial charge in [-0.2, -0.15) is 0 Å². The van der Waals surface area contributed by atoms with E-state index >= 15 is 0 Å². The van der Waals surface area contributed by atoms with Gasteiger partial charge in [-0.3, -0.25) is 9.59 Å². The molecule has 2 N–H and O–H groups in total. The molecule has 0 fully saturated rings. The second-order valence-corrected chi connectivity index (χ2v) is 7.76. The first-order chi connectivity index (χ1) is 13.7. The van der Waals surface area contributed by atoms with Crippen LogP contribution in [0.25, 0.3) is 0 Å². The molecule has 0 saturated carbocycles. The van der Waals surface area contributed by atoms with Crippen LogP contribution in [0.4, 0.5) is 0 Å². The molecule has 0 heterocycles. The summed E-state index contributed by atoms with van der Waals surface area (Å²) in [4.78, 5) is 26.7. The number of amides is 1. The Morgan fingerprint density at radius 1 is 1.07 bits per heavy atom. The van der Waals surface area contributed by atoms with E-state index in [1.54, 1.807) is 25.7 Å². The van der Waals surface area contributed by atoms with E-state index in [4.69, 9.17) is 19.9 Å². The fraction of sp³-hybridized carbons (Fsp3) is 0.636. The zero-order valence-corrected chi connectivity index (χ0v) is 18.3. The van der Waals surface area contributed by atoms with E-state index < -0.39 is 23.9 Å². The largest absolute Gasteiger partial charge is 0.460 e. The Morgan fingerprint density at radius 3 is 2.17 bits per heavy atom. The van der Waals surface area contributed by atoms with Crippen LogP contribution in [0.15, 0.2) is 30.3 Å². The highest BCUT2D eigenvalue weighted by atomic mass is 16.7. The maximum absolute atomic E-state index is 13.0. The maximum atomic E-state index is 13.0. The zero-order valence-electron chi connectivity index (χ0n) is 18.3. The van der Waals surface area contributed by atoms with Gasteiger partial charge in [-0.15, -0.1) is 0 Å². The van der Waals surface area contributed by atoms with E-state index in [2.05, 4.69) is 0 Å². The van der Waals surface area contributed by atoms with Crippen LogP contribution in [-0.4, -0.2) is 61.0 Å². The highest BCUT2D eigenvalue weighted by Crippen LogP contribution is 2.11. The average Bonchev–Trinajstić information content (AvgIpc) is 2.64. The molecule has 7 heteroatoms. The molecule has 0 aromatic heterocycles. The van der Waals surface area contributed by atoms with Gasteiger partial charge < -0.3 is 24.8 Å². The van der Waals surface area contributed by atoms with Gasteiger partial charge in [0.05, 0.1) is 19.0 Å². The Bertz CT molecular complexity index is 609. The monoisotopic (exact) mass is 408 g/mol. The van der Waals surface area contributed by atoms with Crippen LogP contribution in [0.5, 0.6) is 0 Å². The van der Waals surface area contributed by atoms with Crippen molar-refractivity contribution in [1.29, 1.82) is 0 Å². The summed E-state index contributed by atoms with van der Waals surface area (Å²) < 4.78 is 16.5. The third kappa shape index (κ3) is 10.4. The molecule has 29 heavy (non-hydrogen) atoms. The third-order valence-electron chi connectivity index (χ3n) is 4.02. The normalized spacial score (nSPS) is 12.7. The number of ether oxygens (including phenoxy) is 3. The molecule has 1 aromatic rings. The van der Waals surface area contributed by atoms with E-state index in [9.17, 15) is 9.59 Å². The fourth-order valence-electron chi connectivity index (χ4n) is 2.79. The summed E-state index contributed by atoms with van der Waals surface area (Å²) in [6.45, 7) is 10.7. The lowest BCUT2D eigenvalue weighted by Gasteiger charge is -2.29. The van der Waals surface area contributed by atoms with Crippen molar-refractivity contribution >= 4 is 11.9 Å². The molecule has 0 aliphatic carbocycles. The van der Waals surface area contributed by atoms with Crippen molar-refractivity contribution in [2.45, 2.75) is 65.4 Å². The minimum atomic E-state index is -0.982. The number of nitrogens with two attached hydrogens (primary N) is 1. The zero-order chi connectivity index (χ0) is 21.9. The summed E-state index contributed by atoms with van der Waals surface area (Å²) in [5, 5.41) is 0. The lowest BCUT2D eigenvalue weighted by Crippen LogP contribution is -2.49. The summed E-state index contributed by atoms with van der Waals surface area (Å²) in [5.41, 5.74) is 6.54. The Morgan fingerprint density at radius 2 is 1.66 bits per heavy atom. The highest BCUT2D eigenvalue weighted by Gasteiger charge is 2.28. The van der Waals surface area contributed by atoms with Gasteiger partial charge in [0, 0.05) is 19.8 Å². The van der Waals surface area contributed by atoms with Crippen molar-refractivity contribution in [3.05, 3.63) is 35.9 Å². The SMILES string of the molecule is CCOC(CN(CCc1ccccc1)C(=O)C(N)CC(=O)OC(C)(C)C)OCC. The molecule has 164 valence electrons. The maximum Gasteiger partial charge on any atom is 0.308 e. The van der Waals surface area contributed by atoms with Crippen LogP contribution in [0.1, 0.15) is 46.6 Å². The average molecular weight is 409 g/mol. The third-order valence-corrected chi connectivity index (χ3v) is 4.02. The minimum absolute atomic E-state index is 0.175. The van der Waals surface area contributed by atoms with Gasteiger partial charge >= 0.3 is 5.97 Å². The van der Waals surface area contributed by atoms with E-state index in [1.807, 2.05) is 44.2 Å². The van der Waals surface area contributed by atoms with Gasteiger partial charge in [0.1, 0.15) is 5.60 Å². The van der Waals surface area contributed by atoms with Gasteiger partial charge in [-0.25, -0.2) is 0 Å². The van der Waals surface area contributed by atoms with Crippen molar-refractivity contribution < 1.29 is 23.8 Å². The summed E-state index contributed by atoms with van der Waals surface area (Å²) in [6, 6.07) is 8.89. The summed E-state index contributed by atoms with van der Waals surface area (Å²) in [5.74, 6) is -0.816. The van der Waals surface area contributed by atoms with Crippen LogP contribution in [0.3, 0.4) is 0 Å². The number of rotatable bonds is 12. The van der Waals surface area contributed by atoms with Crippen molar-refractivity contribution in [2.75, 3.05) is 26.3 Å². The molecule has 1 atom stereocenters.